The molecule has 1 aliphatic rings. The molecular weight excluding hydrogens is 490 g/mol. The van der Waals surface area contributed by atoms with Crippen molar-refractivity contribution in [3.63, 3.8) is 0 Å². The van der Waals surface area contributed by atoms with Crippen molar-refractivity contribution in [2.75, 3.05) is 4.90 Å². The van der Waals surface area contributed by atoms with E-state index in [1.54, 1.807) is 0 Å². The molecule has 0 bridgehead atoms. The minimum absolute atomic E-state index is 0.148. The molecule has 7 nitrogen and oxygen atoms in total. The van der Waals surface area contributed by atoms with Gasteiger partial charge in [-0.25, -0.2) is 4.79 Å². The summed E-state index contributed by atoms with van der Waals surface area (Å²) >= 11 is 0. The van der Waals surface area contributed by atoms with Gasteiger partial charge in [0.05, 0.1) is 6.54 Å². The van der Waals surface area contributed by atoms with Crippen LogP contribution in [0, 0.1) is 0 Å². The Kier molecular flexibility index (Phi) is 10.7. The number of fused-ring (bicyclic) bond motifs is 1. The van der Waals surface area contributed by atoms with Crippen LogP contribution < -0.4 is 4.90 Å². The molecule has 0 atom stereocenters. The molecule has 1 heterocycles. The molecular formula is C32H41N3O4. The van der Waals surface area contributed by atoms with Crippen molar-refractivity contribution in [3.05, 3.63) is 65.0 Å². The first-order valence-corrected chi connectivity index (χ1v) is 14.6. The fraction of sp³-hybridized carbons (Fsp3) is 0.500. The molecule has 1 aliphatic carbocycles. The molecule has 0 aliphatic heterocycles. The third-order valence-corrected chi connectivity index (χ3v) is 7.58. The number of aliphatic carboxylic acids is 1. The molecule has 4 rings (SSSR count). The van der Waals surface area contributed by atoms with E-state index in [1.165, 1.54) is 61.8 Å². The van der Waals surface area contributed by atoms with Gasteiger partial charge in [0, 0.05) is 17.7 Å². The van der Waals surface area contributed by atoms with Crippen LogP contribution in [0.4, 0.5) is 5.69 Å². The molecule has 0 fully saturated rings. The van der Waals surface area contributed by atoms with Gasteiger partial charge in [-0.3, -0.25) is 9.69 Å². The Morgan fingerprint density at radius 2 is 1.64 bits per heavy atom. The molecule has 3 aromatic rings. The zero-order chi connectivity index (χ0) is 27.5. The summed E-state index contributed by atoms with van der Waals surface area (Å²) in [6.45, 7) is 2.39. The Bertz CT molecular complexity index is 1240. The lowest BCUT2D eigenvalue weighted by atomic mass is 9.90. The molecule has 1 aromatic heterocycles. The minimum atomic E-state index is -1.46. The van der Waals surface area contributed by atoms with Gasteiger partial charge in [-0.1, -0.05) is 87.7 Å². The van der Waals surface area contributed by atoms with E-state index in [0.717, 1.165) is 55.2 Å². The van der Waals surface area contributed by atoms with Crippen LogP contribution in [0.1, 0.15) is 100 Å². The predicted molar refractivity (Wildman–Crippen MR) is 153 cm³/mol. The number of carbonyl (C=O) groups excluding carboxylic acids is 1. The summed E-state index contributed by atoms with van der Waals surface area (Å²) in [6.07, 6.45) is 16.1. The molecule has 0 radical (unpaired) electrons. The maximum atomic E-state index is 12.8. The molecule has 39 heavy (non-hydrogen) atoms. The fourth-order valence-corrected chi connectivity index (χ4v) is 5.45. The number of aromatic nitrogens is 2. The summed E-state index contributed by atoms with van der Waals surface area (Å²) in [5.74, 6) is -1.24. The van der Waals surface area contributed by atoms with E-state index in [-0.39, 0.29) is 6.54 Å². The molecule has 1 amide bonds. The number of carbonyl (C=O) groups is 2. The summed E-state index contributed by atoms with van der Waals surface area (Å²) in [6, 6.07) is 13.4. The van der Waals surface area contributed by atoms with Crippen molar-refractivity contribution in [2.24, 2.45) is 0 Å². The highest BCUT2D eigenvalue weighted by Crippen LogP contribution is 2.32. The van der Waals surface area contributed by atoms with Crippen LogP contribution in [0.3, 0.4) is 0 Å². The lowest BCUT2D eigenvalue weighted by molar-refractivity contribution is -0.148. The van der Waals surface area contributed by atoms with Gasteiger partial charge >= 0.3 is 11.9 Å². The first kappa shape index (κ1) is 28.5. The highest BCUT2D eigenvalue weighted by Gasteiger charge is 2.27. The van der Waals surface area contributed by atoms with Crippen molar-refractivity contribution in [1.29, 1.82) is 0 Å². The van der Waals surface area contributed by atoms with E-state index in [2.05, 4.69) is 23.1 Å². The van der Waals surface area contributed by atoms with Gasteiger partial charge in [-0.2, -0.15) is 4.98 Å². The Morgan fingerprint density at radius 1 is 0.923 bits per heavy atom. The van der Waals surface area contributed by atoms with E-state index < -0.39 is 11.9 Å². The number of nitrogens with zero attached hydrogens (tertiary/aromatic N) is 3. The van der Waals surface area contributed by atoms with Crippen LogP contribution in [0.5, 0.6) is 0 Å². The van der Waals surface area contributed by atoms with E-state index in [1.807, 2.05) is 36.4 Å². The lowest BCUT2D eigenvalue weighted by Crippen LogP contribution is -2.37. The fourth-order valence-electron chi connectivity index (χ4n) is 5.45. The van der Waals surface area contributed by atoms with Gasteiger partial charge < -0.3 is 9.63 Å². The van der Waals surface area contributed by atoms with Gasteiger partial charge in [0.25, 0.3) is 5.89 Å². The Hall–Kier alpha value is -3.48. The minimum Gasteiger partial charge on any atom is -0.474 e. The van der Waals surface area contributed by atoms with Crippen molar-refractivity contribution in [1.82, 2.24) is 10.1 Å². The quantitative estimate of drug-likeness (QED) is 0.173. The number of carboxylic acids is 1. The number of rotatable bonds is 14. The SMILES string of the molecule is CCCCCCCCCCCc1noc(-c2cccc(CN(C(=O)C(=O)O)c3cccc4c3CCCC4)c2)n1. The normalized spacial score (nSPS) is 12.7. The van der Waals surface area contributed by atoms with E-state index >= 15 is 0 Å². The predicted octanol–water partition coefficient (Wildman–Crippen LogP) is 7.31. The second-order valence-corrected chi connectivity index (χ2v) is 10.6. The molecule has 208 valence electrons. The van der Waals surface area contributed by atoms with Crippen LogP contribution in [-0.2, 0) is 35.4 Å². The number of hydrogen-bond donors (Lipinski definition) is 1. The van der Waals surface area contributed by atoms with E-state index in [4.69, 9.17) is 4.52 Å². The number of hydrogen-bond acceptors (Lipinski definition) is 5. The number of unbranched alkanes of at least 4 members (excludes halogenated alkanes) is 8. The number of anilines is 1. The Morgan fingerprint density at radius 3 is 2.41 bits per heavy atom. The highest BCUT2D eigenvalue weighted by molar-refractivity contribution is 6.37. The van der Waals surface area contributed by atoms with Crippen LogP contribution in [0.15, 0.2) is 47.0 Å². The van der Waals surface area contributed by atoms with Gasteiger partial charge in [-0.05, 0) is 67.0 Å². The summed E-state index contributed by atoms with van der Waals surface area (Å²) in [5.41, 5.74) is 4.52. The number of amides is 1. The summed E-state index contributed by atoms with van der Waals surface area (Å²) < 4.78 is 5.55. The number of benzene rings is 2. The first-order chi connectivity index (χ1) is 19.1. The van der Waals surface area contributed by atoms with Crippen molar-refractivity contribution >= 4 is 17.6 Å². The third kappa shape index (κ3) is 8.01. The maximum Gasteiger partial charge on any atom is 0.394 e. The number of aryl methyl sites for hydroxylation is 2. The molecule has 1 N–H and O–H groups in total. The molecule has 2 aromatic carbocycles. The van der Waals surface area contributed by atoms with Crippen LogP contribution in [0.25, 0.3) is 11.5 Å². The zero-order valence-corrected chi connectivity index (χ0v) is 23.2. The molecule has 0 saturated carbocycles. The van der Waals surface area contributed by atoms with E-state index in [0.29, 0.717) is 17.4 Å². The third-order valence-electron chi connectivity index (χ3n) is 7.58. The van der Waals surface area contributed by atoms with Crippen molar-refractivity contribution in [2.45, 2.75) is 103 Å². The molecule has 7 heteroatoms. The number of carboxylic acid groups (broad SMARTS) is 1. The second kappa shape index (κ2) is 14.6. The van der Waals surface area contributed by atoms with Gasteiger partial charge in [0.2, 0.25) is 0 Å². The molecule has 0 spiro atoms. The Labute approximate surface area is 231 Å². The van der Waals surface area contributed by atoms with Crippen molar-refractivity contribution < 1.29 is 19.2 Å². The molecule has 0 saturated heterocycles. The highest BCUT2D eigenvalue weighted by atomic mass is 16.5. The lowest BCUT2D eigenvalue weighted by Gasteiger charge is -2.27. The van der Waals surface area contributed by atoms with Crippen molar-refractivity contribution in [3.8, 4) is 11.5 Å². The van der Waals surface area contributed by atoms with Crippen LogP contribution in [0.2, 0.25) is 0 Å². The molecule has 0 unspecified atom stereocenters. The topological polar surface area (TPSA) is 96.5 Å². The summed E-state index contributed by atoms with van der Waals surface area (Å²) in [4.78, 5) is 30.5. The monoisotopic (exact) mass is 531 g/mol. The average molecular weight is 532 g/mol. The van der Waals surface area contributed by atoms with Crippen LogP contribution >= 0.6 is 0 Å². The largest absolute Gasteiger partial charge is 0.474 e. The Balaban J connectivity index is 1.38. The smallest absolute Gasteiger partial charge is 0.394 e. The maximum absolute atomic E-state index is 12.8. The van der Waals surface area contributed by atoms with E-state index in [9.17, 15) is 14.7 Å². The van der Waals surface area contributed by atoms with Gasteiger partial charge in [0.1, 0.15) is 0 Å². The summed E-state index contributed by atoms with van der Waals surface area (Å²) in [5, 5.41) is 13.7. The van der Waals surface area contributed by atoms with Gasteiger partial charge in [0.15, 0.2) is 5.82 Å². The first-order valence-electron chi connectivity index (χ1n) is 14.6. The zero-order valence-electron chi connectivity index (χ0n) is 23.2. The second-order valence-electron chi connectivity index (χ2n) is 10.6. The average Bonchev–Trinajstić information content (AvgIpc) is 3.44. The summed E-state index contributed by atoms with van der Waals surface area (Å²) in [7, 11) is 0. The standard InChI is InChI=1S/C32H41N3O4/c1-2-3-4-5-6-7-8-9-10-21-29-33-30(39-34-29)26-18-13-15-24(22-26)23-35(31(36)32(37)38)28-20-14-17-25-16-11-12-19-27(25)28/h13-15,17-18,20,22H,2-12,16,19,21,23H2,1H3,(H,37,38). The van der Waals surface area contributed by atoms with Crippen LogP contribution in [-0.4, -0.2) is 27.1 Å². The van der Waals surface area contributed by atoms with Gasteiger partial charge in [-0.15, -0.1) is 0 Å².